The van der Waals surface area contributed by atoms with Crippen molar-refractivity contribution < 1.29 is 4.79 Å². The number of carbonyl (C=O) groups is 1. The first-order valence-electron chi connectivity index (χ1n) is 8.05. The molecule has 0 saturated carbocycles. The first kappa shape index (κ1) is 15.0. The summed E-state index contributed by atoms with van der Waals surface area (Å²) in [7, 11) is 0. The Morgan fingerprint density at radius 3 is 2.28 bits per heavy atom. The molecule has 3 aromatic rings. The Balaban J connectivity index is 1.89. The van der Waals surface area contributed by atoms with Gasteiger partial charge in [0.15, 0.2) is 0 Å². The van der Waals surface area contributed by atoms with Gasteiger partial charge in [-0.05, 0) is 35.9 Å². The van der Waals surface area contributed by atoms with E-state index in [9.17, 15) is 4.79 Å². The van der Waals surface area contributed by atoms with Crippen molar-refractivity contribution in [2.24, 2.45) is 0 Å². The van der Waals surface area contributed by atoms with Crippen LogP contribution in [0, 0.1) is 0 Å². The van der Waals surface area contributed by atoms with Gasteiger partial charge in [0.05, 0.1) is 11.3 Å². The second-order valence-electron chi connectivity index (χ2n) is 5.86. The van der Waals surface area contributed by atoms with E-state index >= 15 is 0 Å². The van der Waals surface area contributed by atoms with Crippen molar-refractivity contribution in [1.82, 2.24) is 0 Å². The highest BCUT2D eigenvalue weighted by Gasteiger charge is 2.27. The van der Waals surface area contributed by atoms with Crippen LogP contribution in [0.2, 0.25) is 0 Å². The molecule has 3 aromatic carbocycles. The van der Waals surface area contributed by atoms with Gasteiger partial charge in [-0.15, -0.1) is 0 Å². The number of amides is 1. The van der Waals surface area contributed by atoms with E-state index in [0.29, 0.717) is 11.3 Å². The zero-order valence-corrected chi connectivity index (χ0v) is 13.5. The van der Waals surface area contributed by atoms with Crippen LogP contribution in [0.4, 0.5) is 17.1 Å². The Kier molecular flexibility index (Phi) is 3.71. The maximum Gasteiger partial charge on any atom is 0.258 e. The maximum absolute atomic E-state index is 12.7. The van der Waals surface area contributed by atoms with Gasteiger partial charge in [0, 0.05) is 22.6 Å². The minimum atomic E-state index is -0.108. The van der Waals surface area contributed by atoms with Gasteiger partial charge in [-0.3, -0.25) is 4.79 Å². The summed E-state index contributed by atoms with van der Waals surface area (Å²) in [4.78, 5) is 12.7. The van der Waals surface area contributed by atoms with Crippen LogP contribution in [-0.2, 0) is 4.79 Å². The summed E-state index contributed by atoms with van der Waals surface area (Å²) in [5.74, 6) is -0.108. The van der Waals surface area contributed by atoms with Crippen LogP contribution < -0.4 is 16.4 Å². The maximum atomic E-state index is 12.7. The topological polar surface area (TPSA) is 67.1 Å². The lowest BCUT2D eigenvalue weighted by Gasteiger charge is -2.15. The SMILES string of the molecule is Nc1ccc(NC(=C2C(=O)Nc3ccccc32)c2ccccc2)cc1. The Bertz CT molecular complexity index is 960. The van der Waals surface area contributed by atoms with Crippen LogP contribution >= 0.6 is 0 Å². The summed E-state index contributed by atoms with van der Waals surface area (Å²) in [6.07, 6.45) is 0. The lowest BCUT2D eigenvalue weighted by molar-refractivity contribution is -0.110. The van der Waals surface area contributed by atoms with Crippen molar-refractivity contribution in [2.45, 2.75) is 0 Å². The highest BCUT2D eigenvalue weighted by Crippen LogP contribution is 2.37. The third kappa shape index (κ3) is 2.85. The number of hydrogen-bond acceptors (Lipinski definition) is 3. The monoisotopic (exact) mass is 327 g/mol. The Morgan fingerprint density at radius 2 is 1.52 bits per heavy atom. The molecule has 0 atom stereocenters. The standard InChI is InChI=1S/C21H17N3O/c22-15-10-12-16(13-11-15)23-20(14-6-2-1-3-7-14)19-17-8-4-5-9-18(17)24-21(19)25/h1-13,23H,22H2,(H,24,25). The Labute approximate surface area is 146 Å². The van der Waals surface area contributed by atoms with Crippen molar-refractivity contribution in [3.05, 3.63) is 90.0 Å². The van der Waals surface area contributed by atoms with Gasteiger partial charge in [-0.1, -0.05) is 48.5 Å². The van der Waals surface area contributed by atoms with Crippen molar-refractivity contribution in [3.63, 3.8) is 0 Å². The fourth-order valence-corrected chi connectivity index (χ4v) is 2.96. The molecule has 0 aromatic heterocycles. The number of nitrogens with two attached hydrogens (primary N) is 1. The molecule has 1 aliphatic rings. The zero-order chi connectivity index (χ0) is 17.2. The number of rotatable bonds is 3. The number of benzene rings is 3. The van der Waals surface area contributed by atoms with Crippen molar-refractivity contribution in [3.8, 4) is 0 Å². The third-order valence-electron chi connectivity index (χ3n) is 4.16. The van der Waals surface area contributed by atoms with E-state index in [4.69, 9.17) is 5.73 Å². The van der Waals surface area contributed by atoms with E-state index in [0.717, 1.165) is 28.2 Å². The van der Waals surface area contributed by atoms with Gasteiger partial charge in [0.1, 0.15) is 0 Å². The molecule has 1 aliphatic heterocycles. The van der Waals surface area contributed by atoms with E-state index in [2.05, 4.69) is 10.6 Å². The lowest BCUT2D eigenvalue weighted by atomic mass is 10.00. The van der Waals surface area contributed by atoms with Crippen LogP contribution in [0.1, 0.15) is 11.1 Å². The summed E-state index contributed by atoms with van der Waals surface area (Å²) in [5.41, 5.74) is 11.4. The zero-order valence-electron chi connectivity index (χ0n) is 13.5. The van der Waals surface area contributed by atoms with E-state index in [1.807, 2.05) is 78.9 Å². The molecule has 1 heterocycles. The van der Waals surface area contributed by atoms with Crippen molar-refractivity contribution >= 4 is 34.2 Å². The van der Waals surface area contributed by atoms with Gasteiger partial charge >= 0.3 is 0 Å². The van der Waals surface area contributed by atoms with Crippen LogP contribution in [0.25, 0.3) is 11.3 Å². The molecular formula is C21H17N3O. The van der Waals surface area contributed by atoms with Gasteiger partial charge in [-0.25, -0.2) is 0 Å². The van der Waals surface area contributed by atoms with E-state index in [-0.39, 0.29) is 5.91 Å². The molecule has 0 radical (unpaired) electrons. The molecule has 4 rings (SSSR count). The molecule has 25 heavy (non-hydrogen) atoms. The van der Waals surface area contributed by atoms with Crippen molar-refractivity contribution in [2.75, 3.05) is 16.4 Å². The van der Waals surface area contributed by atoms with E-state index < -0.39 is 0 Å². The quantitative estimate of drug-likeness (QED) is 0.499. The molecule has 0 saturated heterocycles. The fraction of sp³-hybridized carbons (Fsp3) is 0. The smallest absolute Gasteiger partial charge is 0.258 e. The first-order valence-corrected chi connectivity index (χ1v) is 8.05. The first-order chi connectivity index (χ1) is 12.2. The molecule has 4 nitrogen and oxygen atoms in total. The molecule has 122 valence electrons. The third-order valence-corrected chi connectivity index (χ3v) is 4.16. The number of carbonyl (C=O) groups excluding carboxylic acids is 1. The molecule has 0 unspecified atom stereocenters. The minimum Gasteiger partial charge on any atom is -0.399 e. The number of anilines is 3. The van der Waals surface area contributed by atoms with Crippen LogP contribution in [-0.4, -0.2) is 5.91 Å². The molecule has 4 N–H and O–H groups in total. The lowest BCUT2D eigenvalue weighted by Crippen LogP contribution is -2.10. The number of nitrogen functional groups attached to an aromatic ring is 1. The second kappa shape index (κ2) is 6.17. The number of para-hydroxylation sites is 1. The molecule has 0 spiro atoms. The molecule has 0 aliphatic carbocycles. The molecule has 0 bridgehead atoms. The number of fused-ring (bicyclic) bond motifs is 1. The van der Waals surface area contributed by atoms with Gasteiger partial charge < -0.3 is 16.4 Å². The van der Waals surface area contributed by atoms with Gasteiger partial charge in [0.25, 0.3) is 5.91 Å². The van der Waals surface area contributed by atoms with E-state index in [1.165, 1.54) is 0 Å². The van der Waals surface area contributed by atoms with Crippen LogP contribution in [0.3, 0.4) is 0 Å². The second-order valence-corrected chi connectivity index (χ2v) is 5.86. The highest BCUT2D eigenvalue weighted by molar-refractivity contribution is 6.37. The summed E-state index contributed by atoms with van der Waals surface area (Å²) in [6, 6.07) is 25.0. The minimum absolute atomic E-state index is 0.108. The van der Waals surface area contributed by atoms with Gasteiger partial charge in [0.2, 0.25) is 0 Å². The predicted octanol–water partition coefficient (Wildman–Crippen LogP) is 4.20. The summed E-state index contributed by atoms with van der Waals surface area (Å²) >= 11 is 0. The summed E-state index contributed by atoms with van der Waals surface area (Å²) in [5, 5.41) is 6.33. The summed E-state index contributed by atoms with van der Waals surface area (Å²) < 4.78 is 0. The fourth-order valence-electron chi connectivity index (χ4n) is 2.96. The Morgan fingerprint density at radius 1 is 0.840 bits per heavy atom. The average Bonchev–Trinajstić information content (AvgIpc) is 2.98. The largest absolute Gasteiger partial charge is 0.399 e. The summed E-state index contributed by atoms with van der Waals surface area (Å²) in [6.45, 7) is 0. The molecule has 1 amide bonds. The van der Waals surface area contributed by atoms with Crippen LogP contribution in [0.15, 0.2) is 78.9 Å². The predicted molar refractivity (Wildman–Crippen MR) is 103 cm³/mol. The van der Waals surface area contributed by atoms with E-state index in [1.54, 1.807) is 0 Å². The van der Waals surface area contributed by atoms with Gasteiger partial charge in [-0.2, -0.15) is 0 Å². The molecule has 4 heteroatoms. The average molecular weight is 327 g/mol. The normalized spacial score (nSPS) is 14.6. The number of nitrogens with one attached hydrogen (secondary N) is 2. The number of hydrogen-bond donors (Lipinski definition) is 3. The van der Waals surface area contributed by atoms with Crippen LogP contribution in [0.5, 0.6) is 0 Å². The highest BCUT2D eigenvalue weighted by atomic mass is 16.2. The van der Waals surface area contributed by atoms with Crippen molar-refractivity contribution in [1.29, 1.82) is 0 Å². The molecular weight excluding hydrogens is 310 g/mol. The molecule has 0 fully saturated rings. The Hall–Kier alpha value is -3.53.